The zero-order valence-corrected chi connectivity index (χ0v) is 10.2. The fraction of sp³-hybridized carbons (Fsp3) is 0.500. The summed E-state index contributed by atoms with van der Waals surface area (Å²) in [5.41, 5.74) is 2.55. The van der Waals surface area contributed by atoms with Crippen molar-refractivity contribution in [2.75, 3.05) is 12.8 Å². The molecule has 0 aromatic heterocycles. The van der Waals surface area contributed by atoms with Crippen LogP contribution in [-0.2, 0) is 10.8 Å². The van der Waals surface area contributed by atoms with E-state index in [0.717, 1.165) is 4.90 Å². The summed E-state index contributed by atoms with van der Waals surface area (Å²) in [5, 5.41) is 3.22. The van der Waals surface area contributed by atoms with Crippen LogP contribution in [0.25, 0.3) is 0 Å². The average Bonchev–Trinajstić information content (AvgIpc) is 2.55. The molecule has 0 aliphatic carbocycles. The van der Waals surface area contributed by atoms with Crippen LogP contribution >= 0.6 is 0 Å². The highest BCUT2D eigenvalue weighted by Crippen LogP contribution is 2.32. The van der Waals surface area contributed by atoms with E-state index in [-0.39, 0.29) is 6.04 Å². The van der Waals surface area contributed by atoms with Crippen LogP contribution in [0, 0.1) is 0 Å². The van der Waals surface area contributed by atoms with Gasteiger partial charge in [0.15, 0.2) is 0 Å². The average molecular weight is 223 g/mol. The van der Waals surface area contributed by atoms with Gasteiger partial charge in [-0.2, -0.15) is 0 Å². The summed E-state index contributed by atoms with van der Waals surface area (Å²) in [6.45, 7) is 4.37. The van der Waals surface area contributed by atoms with Crippen LogP contribution in [0.5, 0.6) is 0 Å². The first-order valence-corrected chi connectivity index (χ1v) is 6.65. The van der Waals surface area contributed by atoms with E-state index in [4.69, 9.17) is 0 Å². The Morgan fingerprint density at radius 2 is 2.20 bits per heavy atom. The molecule has 2 unspecified atom stereocenters. The molecule has 0 spiro atoms. The second-order valence-corrected chi connectivity index (χ2v) is 5.77. The first kappa shape index (κ1) is 10.8. The Morgan fingerprint density at radius 3 is 2.80 bits per heavy atom. The summed E-state index contributed by atoms with van der Waals surface area (Å²) in [6.07, 6.45) is 0. The molecule has 0 bridgehead atoms. The molecule has 3 heteroatoms. The van der Waals surface area contributed by atoms with Gasteiger partial charge in [0.05, 0.1) is 10.8 Å². The molecule has 0 amide bonds. The summed E-state index contributed by atoms with van der Waals surface area (Å²) < 4.78 is 11.8. The van der Waals surface area contributed by atoms with Crippen LogP contribution in [0.4, 0.5) is 0 Å². The highest BCUT2D eigenvalue weighted by atomic mass is 32.2. The molecule has 0 radical (unpaired) electrons. The molecule has 1 heterocycles. The highest BCUT2D eigenvalue weighted by Gasteiger charge is 2.27. The van der Waals surface area contributed by atoms with Crippen molar-refractivity contribution in [3.05, 3.63) is 29.3 Å². The van der Waals surface area contributed by atoms with Crippen molar-refractivity contribution in [3.63, 3.8) is 0 Å². The summed E-state index contributed by atoms with van der Waals surface area (Å²) in [5.74, 6) is 1.25. The van der Waals surface area contributed by atoms with Crippen LogP contribution in [0.3, 0.4) is 0 Å². The van der Waals surface area contributed by atoms with Gasteiger partial charge >= 0.3 is 0 Å². The van der Waals surface area contributed by atoms with Gasteiger partial charge in [-0.05, 0) is 30.2 Å². The molecule has 1 aromatic carbocycles. The van der Waals surface area contributed by atoms with Gasteiger partial charge in [-0.3, -0.25) is 4.21 Å². The summed E-state index contributed by atoms with van der Waals surface area (Å²) in [6, 6.07) is 6.59. The minimum atomic E-state index is -0.812. The standard InChI is InChI=1S/C12H17NOS/c1-8(2)9-4-5-12-10(6-9)11(13-3)7-15(12)14/h4-6,8,11,13H,7H2,1-3H3. The van der Waals surface area contributed by atoms with Crippen molar-refractivity contribution in [3.8, 4) is 0 Å². The quantitative estimate of drug-likeness (QED) is 0.832. The zero-order valence-electron chi connectivity index (χ0n) is 9.41. The maximum atomic E-state index is 11.8. The Morgan fingerprint density at radius 1 is 1.47 bits per heavy atom. The molecule has 15 heavy (non-hydrogen) atoms. The number of nitrogens with one attached hydrogen (secondary N) is 1. The molecule has 2 atom stereocenters. The topological polar surface area (TPSA) is 29.1 Å². The molecule has 1 N–H and O–H groups in total. The second kappa shape index (κ2) is 4.06. The van der Waals surface area contributed by atoms with Gasteiger partial charge in [0.2, 0.25) is 0 Å². The Balaban J connectivity index is 2.47. The van der Waals surface area contributed by atoms with Crippen molar-refractivity contribution < 1.29 is 4.21 Å². The van der Waals surface area contributed by atoms with E-state index >= 15 is 0 Å². The van der Waals surface area contributed by atoms with Gasteiger partial charge in [0.25, 0.3) is 0 Å². The van der Waals surface area contributed by atoms with E-state index in [9.17, 15) is 4.21 Å². The predicted octanol–water partition coefficient (Wildman–Crippen LogP) is 2.19. The molecule has 0 saturated carbocycles. The second-order valence-electron chi connectivity index (χ2n) is 4.31. The van der Waals surface area contributed by atoms with E-state index < -0.39 is 10.8 Å². The number of benzene rings is 1. The number of hydrogen-bond acceptors (Lipinski definition) is 2. The maximum absolute atomic E-state index is 11.8. The lowest BCUT2D eigenvalue weighted by molar-refractivity contribution is 0.651. The van der Waals surface area contributed by atoms with Crippen molar-refractivity contribution in [1.29, 1.82) is 0 Å². The maximum Gasteiger partial charge on any atom is 0.0552 e. The van der Waals surface area contributed by atoms with Crippen molar-refractivity contribution in [1.82, 2.24) is 5.32 Å². The smallest absolute Gasteiger partial charge is 0.0552 e. The van der Waals surface area contributed by atoms with Gasteiger partial charge in [-0.25, -0.2) is 0 Å². The molecule has 82 valence electrons. The van der Waals surface area contributed by atoms with Gasteiger partial charge < -0.3 is 5.32 Å². The largest absolute Gasteiger partial charge is 0.312 e. The molecule has 2 rings (SSSR count). The normalized spacial score (nSPS) is 24.5. The third-order valence-electron chi connectivity index (χ3n) is 2.99. The first-order chi connectivity index (χ1) is 7.13. The molecular weight excluding hydrogens is 206 g/mol. The lowest BCUT2D eigenvalue weighted by Gasteiger charge is -2.11. The van der Waals surface area contributed by atoms with Crippen LogP contribution < -0.4 is 5.32 Å². The molecule has 1 aliphatic heterocycles. The molecule has 1 aliphatic rings. The van der Waals surface area contributed by atoms with Crippen LogP contribution in [0.2, 0.25) is 0 Å². The van der Waals surface area contributed by atoms with Crippen LogP contribution in [-0.4, -0.2) is 17.0 Å². The Hall–Kier alpha value is -0.670. The molecule has 1 aromatic rings. The van der Waals surface area contributed by atoms with E-state index in [1.165, 1.54) is 11.1 Å². The van der Waals surface area contributed by atoms with Gasteiger partial charge in [0.1, 0.15) is 0 Å². The molecule has 2 nitrogen and oxygen atoms in total. The SMILES string of the molecule is CNC1CS(=O)c2ccc(C(C)C)cc21. The number of rotatable bonds is 2. The Bertz CT molecular complexity index is 401. The lowest BCUT2D eigenvalue weighted by atomic mass is 9.98. The number of hydrogen-bond donors (Lipinski definition) is 1. The summed E-state index contributed by atoms with van der Waals surface area (Å²) in [4.78, 5) is 1.01. The monoisotopic (exact) mass is 223 g/mol. The predicted molar refractivity (Wildman–Crippen MR) is 63.6 cm³/mol. The fourth-order valence-electron chi connectivity index (χ4n) is 1.98. The highest BCUT2D eigenvalue weighted by molar-refractivity contribution is 7.85. The third kappa shape index (κ3) is 1.86. The van der Waals surface area contributed by atoms with Crippen molar-refractivity contribution in [2.24, 2.45) is 0 Å². The van der Waals surface area contributed by atoms with Gasteiger partial charge in [-0.15, -0.1) is 0 Å². The number of fused-ring (bicyclic) bond motifs is 1. The van der Waals surface area contributed by atoms with E-state index in [1.807, 2.05) is 13.1 Å². The minimum Gasteiger partial charge on any atom is -0.312 e. The Labute approximate surface area is 93.5 Å². The van der Waals surface area contributed by atoms with E-state index in [2.05, 4.69) is 31.3 Å². The third-order valence-corrected chi connectivity index (χ3v) is 4.49. The molecular formula is C12H17NOS. The molecule has 0 fully saturated rings. The summed E-state index contributed by atoms with van der Waals surface area (Å²) >= 11 is 0. The fourth-order valence-corrected chi connectivity index (χ4v) is 3.49. The lowest BCUT2D eigenvalue weighted by Crippen LogP contribution is -2.16. The van der Waals surface area contributed by atoms with Gasteiger partial charge in [-0.1, -0.05) is 26.0 Å². The van der Waals surface area contributed by atoms with E-state index in [1.54, 1.807) is 0 Å². The van der Waals surface area contributed by atoms with Crippen LogP contribution in [0.15, 0.2) is 23.1 Å². The zero-order chi connectivity index (χ0) is 11.0. The molecule has 0 saturated heterocycles. The van der Waals surface area contributed by atoms with Gasteiger partial charge in [0, 0.05) is 16.7 Å². The Kier molecular flexibility index (Phi) is 2.94. The van der Waals surface area contributed by atoms with E-state index in [0.29, 0.717) is 11.7 Å². The van der Waals surface area contributed by atoms with Crippen LogP contribution in [0.1, 0.15) is 36.9 Å². The minimum absolute atomic E-state index is 0.263. The first-order valence-electron chi connectivity index (χ1n) is 5.33. The van der Waals surface area contributed by atoms with Crippen molar-refractivity contribution >= 4 is 10.8 Å². The summed E-state index contributed by atoms with van der Waals surface area (Å²) in [7, 11) is 1.12. The van der Waals surface area contributed by atoms with Crippen molar-refractivity contribution in [2.45, 2.75) is 30.7 Å².